The summed E-state index contributed by atoms with van der Waals surface area (Å²) in [6, 6.07) is 1.02. The molecular formula is C11H18N2O5S. The van der Waals surface area contributed by atoms with Crippen LogP contribution in [0.1, 0.15) is 29.7 Å². The molecule has 1 aromatic rings. The molecule has 0 saturated heterocycles. The number of nitrogens with one attached hydrogen (secondary N) is 2. The molecule has 0 spiro atoms. The molecule has 1 aromatic heterocycles. The van der Waals surface area contributed by atoms with Crippen molar-refractivity contribution in [1.82, 2.24) is 10.0 Å². The zero-order valence-electron chi connectivity index (χ0n) is 10.9. The van der Waals surface area contributed by atoms with Crippen LogP contribution in [-0.4, -0.2) is 39.1 Å². The predicted octanol–water partition coefficient (Wildman–Crippen LogP) is 0.564. The summed E-state index contributed by atoms with van der Waals surface area (Å²) >= 11 is 0. The molecule has 0 amide bonds. The number of sulfonamides is 1. The third-order valence-electron chi connectivity index (χ3n) is 2.44. The lowest BCUT2D eigenvalue weighted by atomic mass is 10.4. The second kappa shape index (κ2) is 6.69. The Bertz CT molecular complexity index is 535. The van der Waals surface area contributed by atoms with Crippen molar-refractivity contribution in [2.45, 2.75) is 25.2 Å². The van der Waals surface area contributed by atoms with Crippen LogP contribution in [0.4, 0.5) is 0 Å². The highest BCUT2D eigenvalue weighted by Crippen LogP contribution is 2.19. The van der Waals surface area contributed by atoms with E-state index in [0.717, 1.165) is 12.6 Å². The van der Waals surface area contributed by atoms with E-state index in [1.54, 1.807) is 0 Å². The van der Waals surface area contributed by atoms with E-state index in [1.165, 1.54) is 6.92 Å². The number of hydrogen-bond donors (Lipinski definition) is 3. The Morgan fingerprint density at radius 3 is 2.63 bits per heavy atom. The molecule has 0 radical (unpaired) electrons. The number of aryl methyl sites for hydroxylation is 1. The summed E-state index contributed by atoms with van der Waals surface area (Å²) in [4.78, 5) is 10.6. The van der Waals surface area contributed by atoms with E-state index in [2.05, 4.69) is 10.0 Å². The average molecular weight is 290 g/mol. The zero-order chi connectivity index (χ0) is 14.5. The molecule has 0 atom stereocenters. The third kappa shape index (κ3) is 4.34. The largest absolute Gasteiger partial charge is 0.475 e. The number of carbonyl (C=O) groups is 1. The number of rotatable bonds is 8. The number of carboxylic acid groups (broad SMARTS) is 1. The van der Waals surface area contributed by atoms with E-state index in [0.29, 0.717) is 13.0 Å². The number of furan rings is 1. The monoisotopic (exact) mass is 290 g/mol. The van der Waals surface area contributed by atoms with E-state index in [4.69, 9.17) is 9.52 Å². The fourth-order valence-electron chi connectivity index (χ4n) is 1.51. The summed E-state index contributed by atoms with van der Waals surface area (Å²) < 4.78 is 31.2. The van der Waals surface area contributed by atoms with Gasteiger partial charge in [-0.25, -0.2) is 17.9 Å². The molecule has 1 rings (SSSR count). The minimum atomic E-state index is -3.73. The van der Waals surface area contributed by atoms with E-state index < -0.39 is 16.0 Å². The molecule has 0 aromatic carbocycles. The van der Waals surface area contributed by atoms with Gasteiger partial charge in [-0.2, -0.15) is 0 Å². The molecule has 0 aliphatic carbocycles. The van der Waals surface area contributed by atoms with Crippen molar-refractivity contribution in [1.29, 1.82) is 0 Å². The highest BCUT2D eigenvalue weighted by atomic mass is 32.2. The Morgan fingerprint density at radius 2 is 2.11 bits per heavy atom. The van der Waals surface area contributed by atoms with Crippen molar-refractivity contribution in [3.63, 3.8) is 0 Å². The number of aromatic carboxylic acids is 1. The first-order valence-electron chi connectivity index (χ1n) is 5.92. The van der Waals surface area contributed by atoms with Crippen LogP contribution in [0.25, 0.3) is 0 Å². The molecule has 8 heteroatoms. The first-order chi connectivity index (χ1) is 8.88. The quantitative estimate of drug-likeness (QED) is 0.604. The van der Waals surface area contributed by atoms with E-state index in [9.17, 15) is 13.2 Å². The van der Waals surface area contributed by atoms with Crippen LogP contribution in [0.3, 0.4) is 0 Å². The molecule has 0 aliphatic heterocycles. The van der Waals surface area contributed by atoms with Gasteiger partial charge in [-0.05, 0) is 26.4 Å². The topological polar surface area (TPSA) is 109 Å². The molecule has 0 fully saturated rings. The maximum Gasteiger partial charge on any atom is 0.371 e. The first-order valence-corrected chi connectivity index (χ1v) is 7.41. The van der Waals surface area contributed by atoms with E-state index >= 15 is 0 Å². The number of hydrogen-bond acceptors (Lipinski definition) is 5. The fourth-order valence-corrected chi connectivity index (χ4v) is 2.76. The zero-order valence-corrected chi connectivity index (χ0v) is 11.7. The molecule has 0 aliphatic rings. The summed E-state index contributed by atoms with van der Waals surface area (Å²) in [7, 11) is -3.73. The molecule has 19 heavy (non-hydrogen) atoms. The predicted molar refractivity (Wildman–Crippen MR) is 68.8 cm³/mol. The lowest BCUT2D eigenvalue weighted by Gasteiger charge is -2.05. The van der Waals surface area contributed by atoms with Crippen LogP contribution in [0.15, 0.2) is 15.4 Å². The van der Waals surface area contributed by atoms with Gasteiger partial charge in [0.15, 0.2) is 0 Å². The molecule has 108 valence electrons. The minimum absolute atomic E-state index is 0.0663. The van der Waals surface area contributed by atoms with Crippen LogP contribution < -0.4 is 10.0 Å². The van der Waals surface area contributed by atoms with Gasteiger partial charge in [0.25, 0.3) is 0 Å². The average Bonchev–Trinajstić information content (AvgIpc) is 2.72. The number of carboxylic acids is 1. The van der Waals surface area contributed by atoms with Gasteiger partial charge in [-0.1, -0.05) is 6.92 Å². The van der Waals surface area contributed by atoms with Gasteiger partial charge in [0.2, 0.25) is 15.8 Å². The molecule has 7 nitrogen and oxygen atoms in total. The van der Waals surface area contributed by atoms with Crippen molar-refractivity contribution in [2.24, 2.45) is 0 Å². The molecular weight excluding hydrogens is 272 g/mol. The van der Waals surface area contributed by atoms with Crippen LogP contribution in [0.5, 0.6) is 0 Å². The lowest BCUT2D eigenvalue weighted by Crippen LogP contribution is -2.27. The summed E-state index contributed by atoms with van der Waals surface area (Å²) in [5.41, 5.74) is 0. The summed E-state index contributed by atoms with van der Waals surface area (Å²) in [6.45, 7) is 5.20. The van der Waals surface area contributed by atoms with Crippen LogP contribution in [-0.2, 0) is 10.0 Å². The minimum Gasteiger partial charge on any atom is -0.475 e. The Morgan fingerprint density at radius 1 is 1.42 bits per heavy atom. The van der Waals surface area contributed by atoms with Gasteiger partial charge in [-0.3, -0.25) is 0 Å². The van der Waals surface area contributed by atoms with Gasteiger partial charge in [0, 0.05) is 12.6 Å². The van der Waals surface area contributed by atoms with Gasteiger partial charge in [0.1, 0.15) is 10.7 Å². The standard InChI is InChI=1S/C11H18N2O5S/c1-3-12-5-4-6-13-19(16,17)10-7-9(11(14)15)18-8(10)2/h7,12-13H,3-6H2,1-2H3,(H,14,15). The van der Waals surface area contributed by atoms with Gasteiger partial charge in [-0.15, -0.1) is 0 Å². The Labute approximate surface area is 112 Å². The van der Waals surface area contributed by atoms with E-state index in [-0.39, 0.29) is 23.0 Å². The fraction of sp³-hybridized carbons (Fsp3) is 0.545. The van der Waals surface area contributed by atoms with Crippen LogP contribution >= 0.6 is 0 Å². The van der Waals surface area contributed by atoms with Crippen molar-refractivity contribution in [3.8, 4) is 0 Å². The van der Waals surface area contributed by atoms with Crippen molar-refractivity contribution >= 4 is 16.0 Å². The lowest BCUT2D eigenvalue weighted by molar-refractivity contribution is 0.0661. The molecule has 0 bridgehead atoms. The normalized spacial score (nSPS) is 11.7. The highest BCUT2D eigenvalue weighted by Gasteiger charge is 2.23. The van der Waals surface area contributed by atoms with Gasteiger partial charge in [0.05, 0.1) is 0 Å². The highest BCUT2D eigenvalue weighted by molar-refractivity contribution is 7.89. The van der Waals surface area contributed by atoms with Gasteiger partial charge < -0.3 is 14.8 Å². The van der Waals surface area contributed by atoms with Crippen molar-refractivity contribution in [3.05, 3.63) is 17.6 Å². The third-order valence-corrected chi connectivity index (χ3v) is 4.01. The summed E-state index contributed by atoms with van der Waals surface area (Å²) in [6.07, 6.45) is 0.649. The van der Waals surface area contributed by atoms with Crippen molar-refractivity contribution < 1.29 is 22.7 Å². The Kier molecular flexibility index (Phi) is 5.52. The second-order valence-electron chi connectivity index (χ2n) is 3.94. The molecule has 0 saturated carbocycles. The Hall–Kier alpha value is -1.38. The van der Waals surface area contributed by atoms with Gasteiger partial charge >= 0.3 is 5.97 Å². The maximum atomic E-state index is 11.9. The smallest absolute Gasteiger partial charge is 0.371 e. The second-order valence-corrected chi connectivity index (χ2v) is 5.68. The summed E-state index contributed by atoms with van der Waals surface area (Å²) in [5, 5.41) is 11.8. The molecule has 0 unspecified atom stereocenters. The molecule has 3 N–H and O–H groups in total. The van der Waals surface area contributed by atoms with E-state index in [1.807, 2.05) is 6.92 Å². The first kappa shape index (κ1) is 15.7. The summed E-state index contributed by atoms with van der Waals surface area (Å²) in [5.74, 6) is -1.61. The van der Waals surface area contributed by atoms with Crippen LogP contribution in [0.2, 0.25) is 0 Å². The SMILES string of the molecule is CCNCCCNS(=O)(=O)c1cc(C(=O)O)oc1C. The maximum absolute atomic E-state index is 11.9. The Balaban J connectivity index is 2.69. The van der Waals surface area contributed by atoms with Crippen molar-refractivity contribution in [2.75, 3.05) is 19.6 Å². The molecule has 1 heterocycles. The van der Waals surface area contributed by atoms with Crippen LogP contribution in [0, 0.1) is 6.92 Å².